The van der Waals surface area contributed by atoms with Gasteiger partial charge in [-0.25, -0.2) is 9.78 Å². The van der Waals surface area contributed by atoms with Crippen molar-refractivity contribution in [1.82, 2.24) is 15.3 Å². The fraction of sp³-hybridized carbons (Fsp3) is 0.316. The van der Waals surface area contributed by atoms with Gasteiger partial charge in [0.1, 0.15) is 5.82 Å². The Morgan fingerprint density at radius 2 is 2.04 bits per heavy atom. The number of hydrogen-bond donors (Lipinski definition) is 2. The molecule has 0 aliphatic heterocycles. The van der Waals surface area contributed by atoms with E-state index in [0.717, 1.165) is 0 Å². The van der Waals surface area contributed by atoms with Crippen LogP contribution < -0.4 is 15.4 Å². The average molecular weight is 391 g/mol. The van der Waals surface area contributed by atoms with Gasteiger partial charge in [0.25, 0.3) is 0 Å². The lowest BCUT2D eigenvalue weighted by molar-refractivity contribution is 0.191. The molecule has 0 radical (unpaired) electrons. The van der Waals surface area contributed by atoms with Crippen LogP contribution in [0.25, 0.3) is 6.08 Å². The monoisotopic (exact) mass is 390 g/mol. The highest BCUT2D eigenvalue weighted by atomic mass is 35.5. The lowest BCUT2D eigenvalue weighted by atomic mass is 10.1. The number of halogens is 1. The Balaban J connectivity index is 2.25. The number of amides is 1. The quantitative estimate of drug-likeness (QED) is 0.546. The molecule has 1 amide bonds. The molecule has 1 heterocycles. The lowest BCUT2D eigenvalue weighted by Gasteiger charge is -2.20. The predicted octanol–water partition coefficient (Wildman–Crippen LogP) is 4.77. The fourth-order valence-electron chi connectivity index (χ4n) is 2.03. The minimum atomic E-state index is -0.547. The van der Waals surface area contributed by atoms with Crippen LogP contribution in [0.2, 0.25) is 5.28 Å². The maximum atomic E-state index is 12.1. The summed E-state index contributed by atoms with van der Waals surface area (Å²) in [4.78, 5) is 20.3. The number of nitrogens with one attached hydrogen (secondary N) is 2. The van der Waals surface area contributed by atoms with Gasteiger partial charge in [-0.15, -0.1) is 0 Å². The Morgan fingerprint density at radius 3 is 2.74 bits per heavy atom. The van der Waals surface area contributed by atoms with Crippen LogP contribution in [0.15, 0.2) is 36.7 Å². The van der Waals surface area contributed by atoms with Crippen molar-refractivity contribution in [3.63, 3.8) is 0 Å². The van der Waals surface area contributed by atoms with E-state index in [1.807, 2.05) is 33.8 Å². The molecule has 0 bridgehead atoms. The van der Waals surface area contributed by atoms with Crippen LogP contribution in [0.1, 0.15) is 33.3 Å². The fourth-order valence-corrected chi connectivity index (χ4v) is 2.16. The summed E-state index contributed by atoms with van der Waals surface area (Å²) < 4.78 is 10.7. The average Bonchev–Trinajstić information content (AvgIpc) is 2.57. The van der Waals surface area contributed by atoms with Crippen molar-refractivity contribution in [3.8, 4) is 5.75 Å². The molecule has 1 aromatic heterocycles. The number of carbonyl (C=O) groups is 1. The van der Waals surface area contributed by atoms with E-state index in [1.54, 1.807) is 36.7 Å². The first-order chi connectivity index (χ1) is 12.8. The zero-order chi connectivity index (χ0) is 19.9. The molecule has 2 aromatic rings. The van der Waals surface area contributed by atoms with Crippen molar-refractivity contribution in [2.45, 2.75) is 33.2 Å². The highest BCUT2D eigenvalue weighted by molar-refractivity contribution is 6.28. The van der Waals surface area contributed by atoms with Gasteiger partial charge in [0.15, 0.2) is 5.75 Å². The molecule has 2 N–H and O–H groups in total. The van der Waals surface area contributed by atoms with Crippen molar-refractivity contribution in [1.29, 1.82) is 0 Å². The molecule has 0 atom stereocenters. The molecular weight excluding hydrogens is 368 g/mol. The zero-order valence-electron chi connectivity index (χ0n) is 15.7. The number of para-hydroxylation sites is 2. The molecule has 27 heavy (non-hydrogen) atoms. The van der Waals surface area contributed by atoms with Gasteiger partial charge in [0, 0.05) is 17.3 Å². The summed E-state index contributed by atoms with van der Waals surface area (Å²) in [5.74, 6) is 0.812. The number of ether oxygens (including phenoxy) is 2. The Kier molecular flexibility index (Phi) is 7.01. The summed E-state index contributed by atoms with van der Waals surface area (Å²) in [7, 11) is 0. The van der Waals surface area contributed by atoms with Gasteiger partial charge < -0.3 is 20.1 Å². The number of hydrogen-bond acceptors (Lipinski definition) is 6. The van der Waals surface area contributed by atoms with Crippen molar-refractivity contribution in [2.75, 3.05) is 11.9 Å². The number of rotatable bonds is 6. The molecule has 0 fully saturated rings. The van der Waals surface area contributed by atoms with Crippen LogP contribution in [0, 0.1) is 0 Å². The molecule has 0 saturated carbocycles. The maximum absolute atomic E-state index is 12.1. The molecule has 144 valence electrons. The molecule has 2 rings (SSSR count). The lowest BCUT2D eigenvalue weighted by Crippen LogP contribution is -2.42. The van der Waals surface area contributed by atoms with Crippen molar-refractivity contribution >= 4 is 35.3 Å². The molecule has 0 aliphatic carbocycles. The molecule has 0 unspecified atom stereocenters. The first-order valence-corrected chi connectivity index (χ1v) is 8.83. The van der Waals surface area contributed by atoms with Gasteiger partial charge in [-0.1, -0.05) is 12.1 Å². The maximum Gasteiger partial charge on any atom is 0.413 e. The Bertz CT molecular complexity index is 819. The minimum Gasteiger partial charge on any atom is -0.501 e. The van der Waals surface area contributed by atoms with E-state index in [4.69, 9.17) is 21.1 Å². The molecule has 8 heteroatoms. The second-order valence-electron chi connectivity index (χ2n) is 6.59. The van der Waals surface area contributed by atoms with Gasteiger partial charge in [0.2, 0.25) is 5.28 Å². The molecule has 0 saturated heterocycles. The van der Waals surface area contributed by atoms with E-state index >= 15 is 0 Å². The molecule has 1 aromatic carbocycles. The number of carbonyl (C=O) groups excluding carboxylic acids is 1. The van der Waals surface area contributed by atoms with Crippen LogP contribution in [-0.4, -0.2) is 28.2 Å². The summed E-state index contributed by atoms with van der Waals surface area (Å²) in [6, 6.07) is 7.04. The smallest absolute Gasteiger partial charge is 0.413 e. The third-order valence-electron chi connectivity index (χ3n) is 3.12. The van der Waals surface area contributed by atoms with Gasteiger partial charge in [-0.2, -0.15) is 4.98 Å². The van der Waals surface area contributed by atoms with Crippen LogP contribution in [0.5, 0.6) is 5.75 Å². The third-order valence-corrected chi connectivity index (χ3v) is 3.30. The van der Waals surface area contributed by atoms with E-state index in [0.29, 0.717) is 29.4 Å². The van der Waals surface area contributed by atoms with E-state index in [2.05, 4.69) is 20.6 Å². The molecular formula is C19H23ClN4O3. The van der Waals surface area contributed by atoms with E-state index in [-0.39, 0.29) is 5.28 Å². The molecule has 7 nitrogen and oxygen atoms in total. The van der Waals surface area contributed by atoms with E-state index in [9.17, 15) is 4.79 Å². The summed E-state index contributed by atoms with van der Waals surface area (Å²) >= 11 is 5.93. The summed E-state index contributed by atoms with van der Waals surface area (Å²) in [6.45, 7) is 8.06. The summed E-state index contributed by atoms with van der Waals surface area (Å²) in [5.41, 5.74) is 0.820. The second-order valence-corrected chi connectivity index (χ2v) is 6.92. The topological polar surface area (TPSA) is 85.4 Å². The van der Waals surface area contributed by atoms with Crippen LogP contribution in [-0.2, 0) is 4.74 Å². The van der Waals surface area contributed by atoms with Gasteiger partial charge in [-0.3, -0.25) is 0 Å². The predicted molar refractivity (Wildman–Crippen MR) is 106 cm³/mol. The summed E-state index contributed by atoms with van der Waals surface area (Å²) in [5, 5.41) is 5.97. The summed E-state index contributed by atoms with van der Waals surface area (Å²) in [6.07, 6.45) is 4.30. The van der Waals surface area contributed by atoms with E-state index in [1.165, 1.54) is 0 Å². The Hall–Kier alpha value is -2.80. The van der Waals surface area contributed by atoms with Crippen molar-refractivity contribution in [3.05, 3.63) is 47.6 Å². The SMILES string of the molecule is CCOC=Cc1cnc(Cl)nc1Nc1ccccc1OC(=O)NC(C)(C)C. The second kappa shape index (κ2) is 9.23. The first-order valence-electron chi connectivity index (χ1n) is 8.45. The van der Waals surface area contributed by atoms with Crippen molar-refractivity contribution in [2.24, 2.45) is 0 Å². The highest BCUT2D eigenvalue weighted by Crippen LogP contribution is 2.29. The van der Waals surface area contributed by atoms with Crippen LogP contribution in [0.4, 0.5) is 16.3 Å². The molecule has 0 aliphatic rings. The number of aromatic nitrogens is 2. The van der Waals surface area contributed by atoms with Crippen LogP contribution in [0.3, 0.4) is 0 Å². The minimum absolute atomic E-state index is 0.0925. The van der Waals surface area contributed by atoms with Crippen LogP contribution >= 0.6 is 11.6 Å². The Labute approximate surface area is 163 Å². The number of anilines is 2. The first kappa shape index (κ1) is 20.5. The zero-order valence-corrected chi connectivity index (χ0v) is 16.5. The highest BCUT2D eigenvalue weighted by Gasteiger charge is 2.17. The third kappa shape index (κ3) is 6.79. The van der Waals surface area contributed by atoms with Gasteiger partial charge in [-0.05, 0) is 57.5 Å². The normalized spacial score (nSPS) is 11.3. The van der Waals surface area contributed by atoms with E-state index < -0.39 is 11.6 Å². The van der Waals surface area contributed by atoms with Gasteiger partial charge >= 0.3 is 6.09 Å². The standard InChI is InChI=1S/C19H23ClN4O3/c1-5-26-11-10-13-12-21-17(20)23-16(13)22-14-8-6-7-9-15(14)27-18(25)24-19(2,3)4/h6-12H,5H2,1-4H3,(H,24,25)(H,21,22,23). The van der Waals surface area contributed by atoms with Gasteiger partial charge in [0.05, 0.1) is 18.6 Å². The molecule has 0 spiro atoms. The number of benzene rings is 1. The largest absolute Gasteiger partial charge is 0.501 e. The Morgan fingerprint density at radius 1 is 1.30 bits per heavy atom. The van der Waals surface area contributed by atoms with Crippen molar-refractivity contribution < 1.29 is 14.3 Å². The number of nitrogens with zero attached hydrogens (tertiary/aromatic N) is 2.